The first-order valence-corrected chi connectivity index (χ1v) is 10.8. The molecule has 0 spiro atoms. The predicted octanol–water partition coefficient (Wildman–Crippen LogP) is 6.78. The molecule has 0 atom stereocenters. The zero-order valence-corrected chi connectivity index (χ0v) is 17.4. The van der Waals surface area contributed by atoms with Gasteiger partial charge in [-0.2, -0.15) is 0 Å². The van der Waals surface area contributed by atoms with Crippen LogP contribution in [0.5, 0.6) is 0 Å². The lowest BCUT2D eigenvalue weighted by Crippen LogP contribution is -2.14. The molecule has 0 N–H and O–H groups in total. The van der Waals surface area contributed by atoms with Gasteiger partial charge in [0.05, 0.1) is 0 Å². The fourth-order valence-corrected chi connectivity index (χ4v) is 5.04. The molecule has 134 valence electrons. The molecule has 0 bridgehead atoms. The van der Waals surface area contributed by atoms with Crippen molar-refractivity contribution in [1.29, 1.82) is 0 Å². The van der Waals surface area contributed by atoms with Crippen LogP contribution in [0, 0.1) is 3.57 Å². The molecule has 1 nitrogen and oxygen atoms in total. The highest BCUT2D eigenvalue weighted by Gasteiger charge is 2.23. The number of nitrogens with zero attached hydrogens (tertiary/aromatic N) is 1. The van der Waals surface area contributed by atoms with E-state index in [1.807, 2.05) is 0 Å². The summed E-state index contributed by atoms with van der Waals surface area (Å²) in [7, 11) is 0. The topological polar surface area (TPSA) is 4.93 Å². The molecule has 0 amide bonds. The van der Waals surface area contributed by atoms with Crippen LogP contribution in [-0.4, -0.2) is 4.57 Å². The van der Waals surface area contributed by atoms with E-state index in [0.29, 0.717) is 0 Å². The van der Waals surface area contributed by atoms with E-state index < -0.39 is 0 Å². The first-order chi connectivity index (χ1) is 12.8. The van der Waals surface area contributed by atoms with Crippen molar-refractivity contribution in [3.63, 3.8) is 0 Å². The summed E-state index contributed by atoms with van der Waals surface area (Å²) in [6.07, 6.45) is 7.87. The molecule has 1 aliphatic carbocycles. The Balaban J connectivity index is 1.72. The Morgan fingerprint density at radius 1 is 0.808 bits per heavy atom. The molecule has 1 fully saturated rings. The Morgan fingerprint density at radius 3 is 2.08 bits per heavy atom. The molecule has 1 heterocycles. The zero-order valence-electron chi connectivity index (χ0n) is 15.2. The lowest BCUT2D eigenvalue weighted by molar-refractivity contribution is 0.425. The van der Waals surface area contributed by atoms with Gasteiger partial charge >= 0.3 is 0 Å². The quantitative estimate of drug-likeness (QED) is 0.374. The minimum atomic E-state index is 0.727. The SMILES string of the molecule is Ic1cc(C2CCCCC2)n(Cc2ccccc2)c1Cc1ccccc1. The second-order valence-electron chi connectivity index (χ2n) is 7.43. The molecule has 3 aromatic rings. The van der Waals surface area contributed by atoms with Gasteiger partial charge in [0.1, 0.15) is 0 Å². The molecular weight excluding hydrogens is 429 g/mol. The van der Waals surface area contributed by atoms with Gasteiger partial charge < -0.3 is 4.57 Å². The number of aromatic nitrogens is 1. The highest BCUT2D eigenvalue weighted by atomic mass is 127. The van der Waals surface area contributed by atoms with Gasteiger partial charge in [-0.25, -0.2) is 0 Å². The Morgan fingerprint density at radius 2 is 1.42 bits per heavy atom. The third kappa shape index (κ3) is 4.06. The van der Waals surface area contributed by atoms with E-state index in [2.05, 4.69) is 93.9 Å². The van der Waals surface area contributed by atoms with Crippen LogP contribution in [0.4, 0.5) is 0 Å². The molecule has 0 radical (unpaired) electrons. The normalized spacial score (nSPS) is 15.3. The van der Waals surface area contributed by atoms with E-state index in [1.165, 1.54) is 52.5 Å². The van der Waals surface area contributed by atoms with Gasteiger partial charge in [0.15, 0.2) is 0 Å². The summed E-state index contributed by atoms with van der Waals surface area (Å²) in [5.41, 5.74) is 5.82. The smallest absolute Gasteiger partial charge is 0.0476 e. The van der Waals surface area contributed by atoms with Crippen molar-refractivity contribution in [3.8, 4) is 0 Å². The summed E-state index contributed by atoms with van der Waals surface area (Å²) in [4.78, 5) is 0. The highest BCUT2D eigenvalue weighted by Crippen LogP contribution is 2.36. The summed E-state index contributed by atoms with van der Waals surface area (Å²) >= 11 is 2.55. The van der Waals surface area contributed by atoms with Crippen molar-refractivity contribution in [2.24, 2.45) is 0 Å². The van der Waals surface area contributed by atoms with Crippen molar-refractivity contribution in [3.05, 3.63) is 92.8 Å². The molecule has 4 rings (SSSR count). The largest absolute Gasteiger partial charge is 0.343 e. The van der Waals surface area contributed by atoms with Crippen LogP contribution in [0.1, 0.15) is 60.5 Å². The van der Waals surface area contributed by atoms with Crippen LogP contribution in [0.25, 0.3) is 0 Å². The van der Waals surface area contributed by atoms with Crippen LogP contribution >= 0.6 is 22.6 Å². The maximum Gasteiger partial charge on any atom is 0.0476 e. The molecule has 0 saturated heterocycles. The number of halogens is 1. The lowest BCUT2D eigenvalue weighted by Gasteiger charge is -2.24. The lowest BCUT2D eigenvalue weighted by atomic mass is 9.87. The highest BCUT2D eigenvalue weighted by molar-refractivity contribution is 14.1. The number of hydrogen-bond acceptors (Lipinski definition) is 0. The van der Waals surface area contributed by atoms with Crippen LogP contribution in [0.3, 0.4) is 0 Å². The van der Waals surface area contributed by atoms with Crippen LogP contribution in [0.15, 0.2) is 66.7 Å². The van der Waals surface area contributed by atoms with Crippen LogP contribution in [-0.2, 0) is 13.0 Å². The van der Waals surface area contributed by atoms with Crippen molar-refractivity contribution >= 4 is 22.6 Å². The Labute approximate surface area is 170 Å². The van der Waals surface area contributed by atoms with Gasteiger partial charge in [-0.05, 0) is 58.5 Å². The van der Waals surface area contributed by atoms with Crippen molar-refractivity contribution in [1.82, 2.24) is 4.57 Å². The van der Waals surface area contributed by atoms with E-state index in [1.54, 1.807) is 5.69 Å². The molecule has 26 heavy (non-hydrogen) atoms. The molecule has 1 aromatic heterocycles. The summed E-state index contributed by atoms with van der Waals surface area (Å²) in [5.74, 6) is 0.727. The minimum Gasteiger partial charge on any atom is -0.343 e. The molecule has 2 aromatic carbocycles. The molecule has 0 aliphatic heterocycles. The Hall–Kier alpha value is -1.55. The minimum absolute atomic E-state index is 0.727. The number of rotatable bonds is 5. The molecule has 0 unspecified atom stereocenters. The van der Waals surface area contributed by atoms with Crippen molar-refractivity contribution in [2.45, 2.75) is 51.0 Å². The third-order valence-electron chi connectivity index (χ3n) is 5.61. The van der Waals surface area contributed by atoms with Gasteiger partial charge in [0, 0.05) is 27.9 Å². The molecule has 1 saturated carbocycles. The zero-order chi connectivity index (χ0) is 17.8. The third-order valence-corrected chi connectivity index (χ3v) is 6.54. The summed E-state index contributed by atoms with van der Waals surface area (Å²) in [5, 5.41) is 0. The van der Waals surface area contributed by atoms with Gasteiger partial charge in [0.2, 0.25) is 0 Å². The van der Waals surface area contributed by atoms with E-state index in [-0.39, 0.29) is 0 Å². The summed E-state index contributed by atoms with van der Waals surface area (Å²) < 4.78 is 4.04. The number of benzene rings is 2. The van der Waals surface area contributed by atoms with E-state index >= 15 is 0 Å². The molecule has 2 heteroatoms. The van der Waals surface area contributed by atoms with Gasteiger partial charge in [0.25, 0.3) is 0 Å². The van der Waals surface area contributed by atoms with Gasteiger partial charge in [-0.15, -0.1) is 0 Å². The second kappa shape index (κ2) is 8.43. The first-order valence-electron chi connectivity index (χ1n) is 9.77. The van der Waals surface area contributed by atoms with Crippen molar-refractivity contribution < 1.29 is 0 Å². The second-order valence-corrected chi connectivity index (χ2v) is 8.60. The maximum absolute atomic E-state index is 2.63. The van der Waals surface area contributed by atoms with E-state index in [0.717, 1.165) is 18.9 Å². The van der Waals surface area contributed by atoms with E-state index in [4.69, 9.17) is 0 Å². The van der Waals surface area contributed by atoms with E-state index in [9.17, 15) is 0 Å². The molecular formula is C24H26IN. The Bertz CT molecular complexity index is 829. The van der Waals surface area contributed by atoms with Gasteiger partial charge in [-0.3, -0.25) is 0 Å². The Kier molecular flexibility index (Phi) is 5.78. The standard InChI is InChI=1S/C24H26IN/c25-22-17-23(21-14-8-3-9-15-21)26(18-20-12-6-2-7-13-20)24(22)16-19-10-4-1-5-11-19/h1-2,4-7,10-13,17,21H,3,8-9,14-16,18H2. The van der Waals surface area contributed by atoms with Crippen molar-refractivity contribution in [2.75, 3.05) is 0 Å². The van der Waals surface area contributed by atoms with Crippen LogP contribution in [0.2, 0.25) is 0 Å². The fraction of sp³-hybridized carbons (Fsp3) is 0.333. The van der Waals surface area contributed by atoms with Crippen LogP contribution < -0.4 is 0 Å². The fourth-order valence-electron chi connectivity index (χ4n) is 4.23. The first kappa shape index (κ1) is 17.8. The predicted molar refractivity (Wildman–Crippen MR) is 118 cm³/mol. The maximum atomic E-state index is 2.63. The summed E-state index contributed by atoms with van der Waals surface area (Å²) in [6.45, 7) is 0.984. The average Bonchev–Trinajstić information content (AvgIpc) is 3.00. The average molecular weight is 455 g/mol. The number of hydrogen-bond donors (Lipinski definition) is 0. The monoisotopic (exact) mass is 455 g/mol. The summed E-state index contributed by atoms with van der Waals surface area (Å²) in [6, 6.07) is 24.3. The van der Waals surface area contributed by atoms with Gasteiger partial charge in [-0.1, -0.05) is 79.9 Å². The molecule has 1 aliphatic rings.